The van der Waals surface area contributed by atoms with E-state index in [0.717, 1.165) is 50.0 Å². The molecule has 3 nitrogen and oxygen atoms in total. The van der Waals surface area contributed by atoms with E-state index in [4.69, 9.17) is 4.42 Å². The summed E-state index contributed by atoms with van der Waals surface area (Å²) in [6.07, 6.45) is 0. The molecule has 1 aliphatic rings. The highest BCUT2D eigenvalue weighted by Crippen LogP contribution is 2.51. The molecule has 0 radical (unpaired) electrons. The first kappa shape index (κ1) is 37.0. The molecule has 1 aliphatic carbocycles. The summed E-state index contributed by atoms with van der Waals surface area (Å²) in [5.41, 5.74) is 21.3. The van der Waals surface area contributed by atoms with Gasteiger partial charge in [0.1, 0.15) is 11.2 Å². The highest BCUT2D eigenvalue weighted by molar-refractivity contribution is 6.13. The van der Waals surface area contributed by atoms with Crippen LogP contribution in [0.3, 0.4) is 0 Å². The van der Waals surface area contributed by atoms with Gasteiger partial charge in [-0.3, -0.25) is 0 Å². The molecule has 10 aromatic carbocycles. The molecule has 0 saturated carbocycles. The molecular formula is C63H42N2O. The highest BCUT2D eigenvalue weighted by atomic mass is 16.3. The maximum Gasteiger partial charge on any atom is 0.135 e. The maximum atomic E-state index is 6.19. The summed E-state index contributed by atoms with van der Waals surface area (Å²) >= 11 is 0. The van der Waals surface area contributed by atoms with Crippen LogP contribution in [0.25, 0.3) is 121 Å². The average molecular weight is 843 g/mol. The fourth-order valence-electron chi connectivity index (χ4n) is 11.3. The minimum Gasteiger partial charge on any atom is -0.456 e. The van der Waals surface area contributed by atoms with Crippen LogP contribution in [0.5, 0.6) is 0 Å². The molecule has 3 aromatic heterocycles. The van der Waals surface area contributed by atoms with E-state index in [1.807, 2.05) is 12.1 Å². The number of hydrogen-bond donors (Lipinski definition) is 0. The van der Waals surface area contributed by atoms with Gasteiger partial charge in [0, 0.05) is 49.0 Å². The first-order valence-corrected chi connectivity index (χ1v) is 22.9. The molecular weight excluding hydrogens is 801 g/mol. The molecule has 3 heterocycles. The lowest BCUT2D eigenvalue weighted by Gasteiger charge is -2.22. The largest absolute Gasteiger partial charge is 0.456 e. The van der Waals surface area contributed by atoms with Crippen molar-refractivity contribution in [3.8, 4) is 55.9 Å². The van der Waals surface area contributed by atoms with Crippen LogP contribution >= 0.6 is 0 Å². The van der Waals surface area contributed by atoms with Crippen molar-refractivity contribution in [2.75, 3.05) is 0 Å². The van der Waals surface area contributed by atoms with Crippen molar-refractivity contribution < 1.29 is 4.42 Å². The van der Waals surface area contributed by atoms with Crippen molar-refractivity contribution in [2.45, 2.75) is 19.3 Å². The fraction of sp³-hybridized carbons (Fsp3) is 0.0476. The monoisotopic (exact) mass is 842 g/mol. The normalized spacial score (nSPS) is 13.1. The van der Waals surface area contributed by atoms with E-state index in [1.54, 1.807) is 0 Å². The van der Waals surface area contributed by atoms with Crippen molar-refractivity contribution in [3.05, 3.63) is 230 Å². The maximum absolute atomic E-state index is 6.19. The van der Waals surface area contributed by atoms with E-state index in [0.29, 0.717) is 0 Å². The summed E-state index contributed by atoms with van der Waals surface area (Å²) in [4.78, 5) is 0. The first-order valence-electron chi connectivity index (χ1n) is 22.9. The summed E-state index contributed by atoms with van der Waals surface area (Å²) in [6.45, 7) is 4.75. The Morgan fingerprint density at radius 2 is 0.879 bits per heavy atom. The van der Waals surface area contributed by atoms with Crippen LogP contribution in [0.15, 0.2) is 223 Å². The minimum atomic E-state index is -0.127. The van der Waals surface area contributed by atoms with Crippen LogP contribution < -0.4 is 0 Å². The van der Waals surface area contributed by atoms with Crippen LogP contribution in [0.1, 0.15) is 25.0 Å². The summed E-state index contributed by atoms with van der Waals surface area (Å²) < 4.78 is 11.1. The first-order chi connectivity index (χ1) is 32.5. The number of furan rings is 1. The van der Waals surface area contributed by atoms with Crippen molar-refractivity contribution >= 4 is 65.6 Å². The Morgan fingerprint density at radius 1 is 0.318 bits per heavy atom. The van der Waals surface area contributed by atoms with Crippen molar-refractivity contribution in [1.82, 2.24) is 9.13 Å². The van der Waals surface area contributed by atoms with Crippen LogP contribution in [0.4, 0.5) is 0 Å². The SMILES string of the molecule is CC1(C)c2ccccc2-c2cc3c4ccccc4n(-c4ccc(-c5ccc6c(c5)c5ccccc5n6-c5ccccc5)cc4-c4ccc(-c5ccc6oc7ccccc7c6c5)cc4)c3cc21. The van der Waals surface area contributed by atoms with E-state index < -0.39 is 0 Å². The van der Waals surface area contributed by atoms with Crippen molar-refractivity contribution in [3.63, 3.8) is 0 Å². The van der Waals surface area contributed by atoms with Gasteiger partial charge >= 0.3 is 0 Å². The van der Waals surface area contributed by atoms with Gasteiger partial charge in [-0.25, -0.2) is 0 Å². The Labute approximate surface area is 382 Å². The zero-order valence-electron chi connectivity index (χ0n) is 36.6. The Kier molecular flexibility index (Phi) is 7.74. The Bertz CT molecular complexity index is 4120. The van der Waals surface area contributed by atoms with Gasteiger partial charge in [-0.2, -0.15) is 0 Å². The predicted molar refractivity (Wildman–Crippen MR) is 276 cm³/mol. The number of rotatable bonds is 5. The van der Waals surface area contributed by atoms with Gasteiger partial charge < -0.3 is 13.6 Å². The third-order valence-corrected chi connectivity index (χ3v) is 14.5. The van der Waals surface area contributed by atoms with E-state index in [-0.39, 0.29) is 5.41 Å². The molecule has 66 heavy (non-hydrogen) atoms. The van der Waals surface area contributed by atoms with Crippen LogP contribution in [0, 0.1) is 0 Å². The zero-order valence-corrected chi connectivity index (χ0v) is 36.6. The lowest BCUT2D eigenvalue weighted by atomic mass is 9.82. The fourth-order valence-corrected chi connectivity index (χ4v) is 11.3. The third-order valence-electron chi connectivity index (χ3n) is 14.5. The second-order valence-corrected chi connectivity index (χ2v) is 18.5. The molecule has 0 saturated heterocycles. The van der Waals surface area contributed by atoms with E-state index >= 15 is 0 Å². The molecule has 0 amide bonds. The van der Waals surface area contributed by atoms with E-state index in [1.165, 1.54) is 82.6 Å². The Balaban J connectivity index is 0.981. The Morgan fingerprint density at radius 3 is 1.70 bits per heavy atom. The van der Waals surface area contributed by atoms with Crippen LogP contribution in [-0.2, 0) is 5.41 Å². The molecule has 0 spiro atoms. The summed E-state index contributed by atoms with van der Waals surface area (Å²) in [6, 6.07) is 80.3. The molecule has 0 N–H and O–H groups in total. The average Bonchev–Trinajstić information content (AvgIpc) is 4.08. The molecule has 14 rings (SSSR count). The van der Waals surface area contributed by atoms with Crippen molar-refractivity contribution in [1.29, 1.82) is 0 Å². The van der Waals surface area contributed by atoms with Gasteiger partial charge in [-0.15, -0.1) is 0 Å². The smallest absolute Gasteiger partial charge is 0.135 e. The topological polar surface area (TPSA) is 23.0 Å². The number of benzene rings is 10. The number of aromatic nitrogens is 2. The van der Waals surface area contributed by atoms with Gasteiger partial charge in [0.15, 0.2) is 0 Å². The lowest BCUT2D eigenvalue weighted by Crippen LogP contribution is -2.15. The number of fused-ring (bicyclic) bond motifs is 12. The van der Waals surface area contributed by atoms with Crippen LogP contribution in [0.2, 0.25) is 0 Å². The quantitative estimate of drug-likeness (QED) is 0.169. The van der Waals surface area contributed by atoms with Gasteiger partial charge in [0.25, 0.3) is 0 Å². The van der Waals surface area contributed by atoms with Gasteiger partial charge in [0.05, 0.1) is 27.8 Å². The van der Waals surface area contributed by atoms with Crippen LogP contribution in [-0.4, -0.2) is 9.13 Å². The van der Waals surface area contributed by atoms with E-state index in [9.17, 15) is 0 Å². The van der Waals surface area contributed by atoms with E-state index in [2.05, 4.69) is 229 Å². The molecule has 310 valence electrons. The third kappa shape index (κ3) is 5.31. The second kappa shape index (κ2) is 13.8. The Hall–Kier alpha value is -8.40. The molecule has 13 aromatic rings. The molecule has 3 heteroatoms. The standard InChI is InChI=1S/C63H42N2O/c1-63(2)54-20-10-6-16-45(54)50-37-52-47-18-8-12-22-57(47)65(60(52)38-55(50)63)58-31-28-42(43-29-32-59-51(35-43)46-17-7-11-21-56(46)64(59)44-14-4-3-5-15-44)34-49(58)40-26-24-39(25-27-40)41-30-33-62-53(36-41)48-19-9-13-23-61(48)66-62/h3-38H,1-2H3. The minimum absolute atomic E-state index is 0.127. The molecule has 0 fully saturated rings. The van der Waals surface area contributed by atoms with Gasteiger partial charge in [-0.05, 0) is 129 Å². The lowest BCUT2D eigenvalue weighted by molar-refractivity contribution is 0.661. The molecule has 0 bridgehead atoms. The number of nitrogens with zero attached hydrogens (tertiary/aromatic N) is 2. The number of hydrogen-bond acceptors (Lipinski definition) is 1. The van der Waals surface area contributed by atoms with Gasteiger partial charge in [0.2, 0.25) is 0 Å². The molecule has 0 unspecified atom stereocenters. The molecule has 0 aliphatic heterocycles. The summed E-state index contributed by atoms with van der Waals surface area (Å²) in [7, 11) is 0. The highest BCUT2D eigenvalue weighted by Gasteiger charge is 2.36. The number of para-hydroxylation sites is 4. The van der Waals surface area contributed by atoms with Crippen molar-refractivity contribution in [2.24, 2.45) is 0 Å². The van der Waals surface area contributed by atoms with Gasteiger partial charge in [-0.1, -0.05) is 153 Å². The molecule has 0 atom stereocenters. The summed E-state index contributed by atoms with van der Waals surface area (Å²) in [5, 5.41) is 7.28. The summed E-state index contributed by atoms with van der Waals surface area (Å²) in [5.74, 6) is 0. The zero-order chi connectivity index (χ0) is 43.7. The predicted octanol–water partition coefficient (Wildman–Crippen LogP) is 17.1. The second-order valence-electron chi connectivity index (χ2n) is 18.5.